The summed E-state index contributed by atoms with van der Waals surface area (Å²) in [6, 6.07) is 0. The molecule has 0 unspecified atom stereocenters. The maximum Gasteiger partial charge on any atom is 1.00 e. The van der Waals surface area contributed by atoms with E-state index in [2.05, 4.69) is 0 Å². The molecule has 0 amide bonds. The molecule has 0 aromatic carbocycles. The molecule has 0 saturated carbocycles. The Morgan fingerprint density at radius 2 is 1.08 bits per heavy atom. The van der Waals surface area contributed by atoms with E-state index < -0.39 is 21.8 Å². The van der Waals surface area contributed by atoms with Gasteiger partial charge in [-0.15, -0.1) is 0 Å². The number of hydrogen-bond acceptors (Lipinski definition) is 3. The molecule has 12 heavy (non-hydrogen) atoms. The summed E-state index contributed by atoms with van der Waals surface area (Å²) in [7, 11) is -4.67. The quantitative estimate of drug-likeness (QED) is 0.187. The zero-order valence-electron chi connectivity index (χ0n) is 8.33. The average molecular weight is 246 g/mol. The Labute approximate surface area is 119 Å². The van der Waals surface area contributed by atoms with E-state index in [1.807, 2.05) is 0 Å². The van der Waals surface area contributed by atoms with Crippen molar-refractivity contribution in [1.29, 1.82) is 0 Å². The van der Waals surface area contributed by atoms with Crippen molar-refractivity contribution in [1.82, 2.24) is 0 Å². The van der Waals surface area contributed by atoms with E-state index in [1.54, 1.807) is 0 Å². The van der Waals surface area contributed by atoms with Crippen LogP contribution in [-0.2, 0) is 21.8 Å². The molecule has 0 spiro atoms. The SMILES string of the molecule is O.O=S(=O)(O)O.O=S(O)O.[H-].[H-].[Na+].[Na+]. The number of hydrogen-bond donors (Lipinski definition) is 4. The summed E-state index contributed by atoms with van der Waals surface area (Å²) in [5.41, 5.74) is 0. The van der Waals surface area contributed by atoms with Crippen LogP contribution < -0.4 is 59.1 Å². The van der Waals surface area contributed by atoms with Crippen LogP contribution in [0, 0.1) is 0 Å². The van der Waals surface area contributed by atoms with Crippen LogP contribution in [0.25, 0.3) is 0 Å². The predicted molar refractivity (Wildman–Crippen MR) is 33.4 cm³/mol. The van der Waals surface area contributed by atoms with Gasteiger partial charge in [-0.1, -0.05) is 0 Å². The first-order valence-electron chi connectivity index (χ1n) is 1.23. The van der Waals surface area contributed by atoms with Gasteiger partial charge in [-0.25, -0.2) is 0 Å². The molecule has 0 atom stereocenters. The summed E-state index contributed by atoms with van der Waals surface area (Å²) in [6.07, 6.45) is 0. The second kappa shape index (κ2) is 15.4. The van der Waals surface area contributed by atoms with Crippen molar-refractivity contribution < 1.29 is 98.3 Å². The van der Waals surface area contributed by atoms with Gasteiger partial charge in [0.1, 0.15) is 0 Å². The van der Waals surface area contributed by atoms with Gasteiger partial charge in [0.15, 0.2) is 0 Å². The van der Waals surface area contributed by atoms with Crippen LogP contribution in [0.5, 0.6) is 0 Å². The van der Waals surface area contributed by atoms with Crippen LogP contribution in [0.3, 0.4) is 0 Å². The number of rotatable bonds is 0. The van der Waals surface area contributed by atoms with Gasteiger partial charge in [-0.3, -0.25) is 18.2 Å². The third kappa shape index (κ3) is 392. The molecule has 0 bridgehead atoms. The molecule has 0 heterocycles. The third-order valence-corrected chi connectivity index (χ3v) is 0. The van der Waals surface area contributed by atoms with Crippen molar-refractivity contribution in [2.75, 3.05) is 0 Å². The van der Waals surface area contributed by atoms with E-state index >= 15 is 0 Å². The van der Waals surface area contributed by atoms with Crippen molar-refractivity contribution in [3.63, 3.8) is 0 Å². The minimum atomic E-state index is -4.67. The molecular formula is H8Na2O8S2. The molecule has 0 aliphatic carbocycles. The van der Waals surface area contributed by atoms with E-state index in [4.69, 9.17) is 30.8 Å². The molecule has 6 N–H and O–H groups in total. The Morgan fingerprint density at radius 3 is 1.08 bits per heavy atom. The van der Waals surface area contributed by atoms with Gasteiger partial charge in [-0.2, -0.15) is 12.6 Å². The van der Waals surface area contributed by atoms with E-state index in [1.165, 1.54) is 0 Å². The van der Waals surface area contributed by atoms with Crippen LogP contribution in [0.15, 0.2) is 0 Å². The molecule has 0 radical (unpaired) electrons. The zero-order valence-corrected chi connectivity index (χ0v) is 12.0. The summed E-state index contributed by atoms with van der Waals surface area (Å²) in [5.74, 6) is 0. The second-order valence-corrected chi connectivity index (χ2v) is 2.04. The molecule has 8 nitrogen and oxygen atoms in total. The Bertz CT molecular complexity index is 166. The average Bonchev–Trinajstić information content (AvgIpc) is 1.19. The minimum Gasteiger partial charge on any atom is -1.00 e. The summed E-state index contributed by atoms with van der Waals surface area (Å²) < 4.78 is 54.4. The molecule has 0 aliphatic rings. The molecule has 12 heteroatoms. The van der Waals surface area contributed by atoms with Crippen molar-refractivity contribution in [2.45, 2.75) is 0 Å². The molecule has 0 rings (SSSR count). The first-order valence-corrected chi connectivity index (χ1v) is 3.69. The van der Waals surface area contributed by atoms with E-state index in [0.29, 0.717) is 0 Å². The Morgan fingerprint density at radius 1 is 1.08 bits per heavy atom. The smallest absolute Gasteiger partial charge is 1.00 e. The molecule has 0 aromatic rings. The van der Waals surface area contributed by atoms with Crippen LogP contribution in [0.2, 0.25) is 0 Å². The van der Waals surface area contributed by atoms with Gasteiger partial charge in [0.2, 0.25) is 0 Å². The minimum absolute atomic E-state index is 0. The Hall–Kier alpha value is 1.90. The maximum atomic E-state index is 8.74. The van der Waals surface area contributed by atoms with Gasteiger partial charge in [0.25, 0.3) is 11.4 Å². The van der Waals surface area contributed by atoms with Gasteiger partial charge in [0.05, 0.1) is 0 Å². The largest absolute Gasteiger partial charge is 1.00 e. The van der Waals surface area contributed by atoms with Crippen molar-refractivity contribution in [2.24, 2.45) is 0 Å². The fraction of sp³-hybridized carbons (Fsp3) is 0. The summed E-state index contributed by atoms with van der Waals surface area (Å²) in [4.78, 5) is 0. The summed E-state index contributed by atoms with van der Waals surface area (Å²) in [6.45, 7) is 0. The van der Waals surface area contributed by atoms with Crippen LogP contribution in [0.1, 0.15) is 2.85 Å². The fourth-order valence-electron chi connectivity index (χ4n) is 0. The van der Waals surface area contributed by atoms with Gasteiger partial charge < -0.3 is 8.33 Å². The van der Waals surface area contributed by atoms with Crippen molar-refractivity contribution in [3.8, 4) is 0 Å². The fourth-order valence-corrected chi connectivity index (χ4v) is 0. The first kappa shape index (κ1) is 29.2. The molecule has 0 aliphatic heterocycles. The van der Waals surface area contributed by atoms with Gasteiger partial charge >= 0.3 is 69.5 Å². The maximum absolute atomic E-state index is 8.74. The molecule has 0 saturated heterocycles. The molecule has 0 aromatic heterocycles. The summed E-state index contributed by atoms with van der Waals surface area (Å²) >= 11 is -2.61. The third-order valence-electron chi connectivity index (χ3n) is 0. The van der Waals surface area contributed by atoms with Crippen LogP contribution in [-0.4, -0.2) is 36.3 Å². The monoisotopic (exact) mass is 246 g/mol. The van der Waals surface area contributed by atoms with Crippen molar-refractivity contribution in [3.05, 3.63) is 0 Å². The van der Waals surface area contributed by atoms with Crippen molar-refractivity contribution >= 4 is 21.8 Å². The van der Waals surface area contributed by atoms with E-state index in [0.717, 1.165) is 0 Å². The van der Waals surface area contributed by atoms with Crippen LogP contribution in [0.4, 0.5) is 0 Å². The first-order chi connectivity index (χ1) is 3.73. The van der Waals surface area contributed by atoms with Gasteiger partial charge in [0, 0.05) is 0 Å². The molecule has 0 fully saturated rings. The molecule has 70 valence electrons. The predicted octanol–water partition coefficient (Wildman–Crippen LogP) is -7.56. The van der Waals surface area contributed by atoms with Gasteiger partial charge in [-0.05, 0) is 0 Å². The zero-order chi connectivity index (χ0) is 8.08. The standard InChI is InChI=1S/2Na.H2O4S.H2O3S.H2O.2H/c;;1-5(2,3)4;1-4(2)3;;;/h;;(H2,1,2,3,4);(H2,1,2,3);1H2;;/q2*+1;;;;2*-1. The Balaban J connectivity index is -0.0000000104. The van der Waals surface area contributed by atoms with E-state index in [9.17, 15) is 0 Å². The topological polar surface area (TPSA) is 164 Å². The summed E-state index contributed by atoms with van der Waals surface area (Å²) in [5, 5.41) is 0. The van der Waals surface area contributed by atoms with Crippen LogP contribution >= 0.6 is 0 Å². The molecular weight excluding hydrogens is 238 g/mol. The normalized spacial score (nSPS) is 7.75. The van der Waals surface area contributed by atoms with E-state index in [-0.39, 0.29) is 67.4 Å². The Kier molecular flexibility index (Phi) is 37.4. The second-order valence-electron chi connectivity index (χ2n) is 0.679.